The van der Waals surface area contributed by atoms with Gasteiger partial charge in [-0.3, -0.25) is 4.79 Å². The molecule has 1 heterocycles. The van der Waals surface area contributed by atoms with E-state index in [1.54, 1.807) is 0 Å². The second kappa shape index (κ2) is 7.10. The largest absolute Gasteiger partial charge is 0.366 e. The number of carbonyl (C=O) groups is 1. The average Bonchev–Trinajstić information content (AvgIpc) is 2.33. The van der Waals surface area contributed by atoms with Gasteiger partial charge in [0.1, 0.15) is 6.61 Å². The highest BCUT2D eigenvalue weighted by atomic mass is 16.5. The van der Waals surface area contributed by atoms with Crippen LogP contribution >= 0.6 is 0 Å². The summed E-state index contributed by atoms with van der Waals surface area (Å²) in [5, 5.41) is 3.37. The number of carbonyl (C=O) groups excluding carboxylic acids is 1. The van der Waals surface area contributed by atoms with E-state index >= 15 is 0 Å². The Labute approximate surface area is 111 Å². The van der Waals surface area contributed by atoms with Crippen molar-refractivity contribution in [2.75, 3.05) is 26.2 Å². The van der Waals surface area contributed by atoms with Gasteiger partial charge in [-0.2, -0.15) is 0 Å². The second-order valence-electron chi connectivity index (χ2n) is 5.99. The number of ether oxygens (including phenoxy) is 1. The third-order valence-electron chi connectivity index (χ3n) is 3.13. The molecule has 18 heavy (non-hydrogen) atoms. The van der Waals surface area contributed by atoms with Crippen molar-refractivity contribution in [3.05, 3.63) is 0 Å². The van der Waals surface area contributed by atoms with Crippen LogP contribution in [-0.2, 0) is 9.53 Å². The predicted molar refractivity (Wildman–Crippen MR) is 73.6 cm³/mol. The van der Waals surface area contributed by atoms with Crippen LogP contribution in [0.1, 0.15) is 47.0 Å². The van der Waals surface area contributed by atoms with E-state index in [0.29, 0.717) is 6.04 Å². The topological polar surface area (TPSA) is 41.6 Å². The fourth-order valence-corrected chi connectivity index (χ4v) is 2.21. The Balaban J connectivity index is 2.51. The van der Waals surface area contributed by atoms with Crippen LogP contribution in [0.2, 0.25) is 0 Å². The summed E-state index contributed by atoms with van der Waals surface area (Å²) in [5.74, 6) is 0.125. The van der Waals surface area contributed by atoms with Crippen LogP contribution in [0.5, 0.6) is 0 Å². The Morgan fingerprint density at radius 1 is 1.44 bits per heavy atom. The van der Waals surface area contributed by atoms with Crippen molar-refractivity contribution in [3.8, 4) is 0 Å². The van der Waals surface area contributed by atoms with Gasteiger partial charge in [-0.15, -0.1) is 0 Å². The SMILES string of the molecule is CCCN(C(=O)COC(C)(C)C)C1CCCNC1. The third-order valence-corrected chi connectivity index (χ3v) is 3.13. The normalized spacial score (nSPS) is 20.8. The van der Waals surface area contributed by atoms with Gasteiger partial charge >= 0.3 is 0 Å². The minimum atomic E-state index is -0.252. The van der Waals surface area contributed by atoms with Crippen molar-refractivity contribution in [1.29, 1.82) is 0 Å². The van der Waals surface area contributed by atoms with Crippen LogP contribution in [0.4, 0.5) is 0 Å². The van der Waals surface area contributed by atoms with Gasteiger partial charge < -0.3 is 15.0 Å². The number of piperidine rings is 1. The molecule has 106 valence electrons. The Kier molecular flexibility index (Phi) is 6.09. The zero-order valence-electron chi connectivity index (χ0n) is 12.3. The molecule has 0 aromatic rings. The zero-order valence-corrected chi connectivity index (χ0v) is 12.3. The van der Waals surface area contributed by atoms with Crippen LogP contribution in [0.25, 0.3) is 0 Å². The lowest BCUT2D eigenvalue weighted by Gasteiger charge is -2.35. The zero-order chi connectivity index (χ0) is 13.6. The van der Waals surface area contributed by atoms with E-state index in [1.165, 1.54) is 0 Å². The van der Waals surface area contributed by atoms with Gasteiger partial charge in [-0.05, 0) is 46.6 Å². The molecule has 0 aliphatic carbocycles. The molecule has 1 saturated heterocycles. The summed E-state index contributed by atoms with van der Waals surface area (Å²) in [6, 6.07) is 0.342. The maximum absolute atomic E-state index is 12.3. The van der Waals surface area contributed by atoms with Crippen LogP contribution in [0.3, 0.4) is 0 Å². The Morgan fingerprint density at radius 2 is 2.17 bits per heavy atom. The third kappa shape index (κ3) is 5.36. The van der Waals surface area contributed by atoms with Gasteiger partial charge in [0.15, 0.2) is 0 Å². The smallest absolute Gasteiger partial charge is 0.248 e. The highest BCUT2D eigenvalue weighted by molar-refractivity contribution is 5.77. The van der Waals surface area contributed by atoms with Crippen LogP contribution in [0.15, 0.2) is 0 Å². The van der Waals surface area contributed by atoms with E-state index in [4.69, 9.17) is 4.74 Å². The molecule has 4 heteroatoms. The lowest BCUT2D eigenvalue weighted by molar-refractivity contribution is -0.143. The molecule has 0 spiro atoms. The van der Waals surface area contributed by atoms with Crippen LogP contribution in [0, 0.1) is 0 Å². The van der Waals surface area contributed by atoms with Crippen molar-refractivity contribution < 1.29 is 9.53 Å². The Bertz CT molecular complexity index is 255. The molecule has 1 N–H and O–H groups in total. The molecule has 0 aromatic carbocycles. The van der Waals surface area contributed by atoms with Gasteiger partial charge in [-0.1, -0.05) is 6.92 Å². The van der Waals surface area contributed by atoms with Crippen molar-refractivity contribution in [2.45, 2.75) is 58.6 Å². The quantitative estimate of drug-likeness (QED) is 0.815. The fraction of sp³-hybridized carbons (Fsp3) is 0.929. The monoisotopic (exact) mass is 256 g/mol. The summed E-state index contributed by atoms with van der Waals surface area (Å²) < 4.78 is 5.60. The van der Waals surface area contributed by atoms with Crippen LogP contribution in [-0.4, -0.2) is 48.7 Å². The lowest BCUT2D eigenvalue weighted by atomic mass is 10.1. The first-order chi connectivity index (χ1) is 8.44. The molecule has 4 nitrogen and oxygen atoms in total. The van der Waals surface area contributed by atoms with E-state index in [1.807, 2.05) is 25.7 Å². The molecule has 1 amide bonds. The van der Waals surface area contributed by atoms with Crippen LogP contribution < -0.4 is 5.32 Å². The summed E-state index contributed by atoms with van der Waals surface area (Å²) in [6.07, 6.45) is 3.25. The van der Waals surface area contributed by atoms with Crippen molar-refractivity contribution in [1.82, 2.24) is 10.2 Å². The minimum absolute atomic E-state index is 0.125. The van der Waals surface area contributed by atoms with Crippen molar-refractivity contribution in [2.24, 2.45) is 0 Å². The average molecular weight is 256 g/mol. The summed E-state index contributed by atoms with van der Waals surface area (Å²) >= 11 is 0. The first kappa shape index (κ1) is 15.4. The summed E-state index contributed by atoms with van der Waals surface area (Å²) in [6.45, 7) is 11.1. The van der Waals surface area contributed by atoms with Gasteiger partial charge in [0.25, 0.3) is 0 Å². The molecule has 1 unspecified atom stereocenters. The number of hydrogen-bond donors (Lipinski definition) is 1. The molecular weight excluding hydrogens is 228 g/mol. The summed E-state index contributed by atoms with van der Waals surface area (Å²) in [4.78, 5) is 14.3. The first-order valence-electron chi connectivity index (χ1n) is 7.08. The van der Waals surface area contributed by atoms with Gasteiger partial charge in [-0.25, -0.2) is 0 Å². The summed E-state index contributed by atoms with van der Waals surface area (Å²) in [7, 11) is 0. The molecule has 1 atom stereocenters. The van der Waals surface area contributed by atoms with Crippen molar-refractivity contribution >= 4 is 5.91 Å². The fourth-order valence-electron chi connectivity index (χ4n) is 2.21. The van der Waals surface area contributed by atoms with E-state index in [2.05, 4.69) is 12.2 Å². The number of nitrogens with one attached hydrogen (secondary N) is 1. The maximum Gasteiger partial charge on any atom is 0.248 e. The predicted octanol–water partition coefficient (Wildman–Crippen LogP) is 1.79. The standard InChI is InChI=1S/C14H28N2O2/c1-5-9-16(12-7-6-8-15-10-12)13(17)11-18-14(2,3)4/h12,15H,5-11H2,1-4H3. The first-order valence-corrected chi connectivity index (χ1v) is 7.08. The number of nitrogens with zero attached hydrogens (tertiary/aromatic N) is 1. The summed E-state index contributed by atoms with van der Waals surface area (Å²) in [5.41, 5.74) is -0.252. The Morgan fingerprint density at radius 3 is 2.67 bits per heavy atom. The second-order valence-corrected chi connectivity index (χ2v) is 5.99. The van der Waals surface area contributed by atoms with E-state index < -0.39 is 0 Å². The molecule has 1 rings (SSSR count). The number of amides is 1. The van der Waals surface area contributed by atoms with Gasteiger partial charge in [0.2, 0.25) is 5.91 Å². The number of rotatable bonds is 5. The number of hydrogen-bond acceptors (Lipinski definition) is 3. The maximum atomic E-state index is 12.3. The molecule has 0 radical (unpaired) electrons. The van der Waals surface area contributed by atoms with E-state index in [-0.39, 0.29) is 18.1 Å². The minimum Gasteiger partial charge on any atom is -0.366 e. The molecule has 1 aliphatic rings. The molecule has 1 aliphatic heterocycles. The van der Waals surface area contributed by atoms with Crippen molar-refractivity contribution in [3.63, 3.8) is 0 Å². The molecule has 0 bridgehead atoms. The van der Waals surface area contributed by atoms with E-state index in [9.17, 15) is 4.79 Å². The highest BCUT2D eigenvalue weighted by Gasteiger charge is 2.25. The molecular formula is C14H28N2O2. The van der Waals surface area contributed by atoms with Gasteiger partial charge in [0.05, 0.1) is 5.60 Å². The lowest BCUT2D eigenvalue weighted by Crippen LogP contribution is -2.50. The van der Waals surface area contributed by atoms with E-state index in [0.717, 1.165) is 38.9 Å². The van der Waals surface area contributed by atoms with Gasteiger partial charge in [0, 0.05) is 19.1 Å². The Hall–Kier alpha value is -0.610. The molecule has 1 fully saturated rings. The molecule has 0 aromatic heterocycles. The molecule has 0 saturated carbocycles. The highest BCUT2D eigenvalue weighted by Crippen LogP contribution is 2.13.